The van der Waals surface area contributed by atoms with Gasteiger partial charge in [-0.3, -0.25) is 20.0 Å². The Labute approximate surface area is 273 Å². The van der Waals surface area contributed by atoms with Crippen LogP contribution < -0.4 is 5.73 Å². The Morgan fingerprint density at radius 3 is 2.41 bits per heavy atom. The number of aromatic nitrogens is 2. The van der Waals surface area contributed by atoms with E-state index in [1.54, 1.807) is 13.0 Å². The van der Waals surface area contributed by atoms with Crippen molar-refractivity contribution in [2.24, 2.45) is 44.8 Å². The van der Waals surface area contributed by atoms with Gasteiger partial charge in [0.25, 0.3) is 5.69 Å². The zero-order valence-corrected chi connectivity index (χ0v) is 29.0. The number of allylic oxidation sites excluding steroid dienone is 2. The lowest BCUT2D eigenvalue weighted by atomic mass is 9.33. The molecule has 7 atom stereocenters. The summed E-state index contributed by atoms with van der Waals surface area (Å²) in [5, 5.41) is 31.0. The molecule has 1 aromatic carbocycles. The lowest BCUT2D eigenvalue weighted by molar-refractivity contribution is -0.385. The maximum atomic E-state index is 13.4. The monoisotopic (exact) mass is 628 g/mol. The van der Waals surface area contributed by atoms with E-state index in [-0.39, 0.29) is 49.5 Å². The van der Waals surface area contributed by atoms with Gasteiger partial charge in [0.15, 0.2) is 0 Å². The number of fused-ring (bicyclic) bond motifs is 8. The first kappa shape index (κ1) is 31.4. The number of nitrogen functional groups attached to an aromatic ring is 1. The van der Waals surface area contributed by atoms with Gasteiger partial charge in [-0.25, -0.2) is 0 Å². The molecule has 3 saturated carbocycles. The molecule has 0 amide bonds. The molecule has 4 N–H and O–H groups in total. The summed E-state index contributed by atoms with van der Waals surface area (Å²) in [4.78, 5) is 25.4. The zero-order chi connectivity index (χ0) is 33.4. The summed E-state index contributed by atoms with van der Waals surface area (Å²) < 4.78 is 0. The van der Waals surface area contributed by atoms with Crippen molar-refractivity contribution in [2.75, 3.05) is 5.73 Å². The molecule has 1 aromatic heterocycles. The minimum atomic E-state index is -0.802. The van der Waals surface area contributed by atoms with Crippen molar-refractivity contribution < 1.29 is 14.8 Å². The Balaban J connectivity index is 1.51. The summed E-state index contributed by atoms with van der Waals surface area (Å²) in [5.41, 5.74) is 11.7. The second-order valence-electron chi connectivity index (χ2n) is 18.0. The number of H-pyrrole nitrogens is 1. The minimum absolute atomic E-state index is 0.0171. The van der Waals surface area contributed by atoms with E-state index in [1.165, 1.54) is 11.1 Å². The van der Waals surface area contributed by atoms with Crippen molar-refractivity contribution >= 4 is 23.0 Å². The smallest absolute Gasteiger partial charge is 0.310 e. The molecular formula is C38H52N4O4. The molecule has 46 heavy (non-hydrogen) atoms. The van der Waals surface area contributed by atoms with Crippen LogP contribution in [0, 0.1) is 61.9 Å². The van der Waals surface area contributed by atoms with Crippen molar-refractivity contribution in [1.29, 1.82) is 0 Å². The van der Waals surface area contributed by atoms with Gasteiger partial charge < -0.3 is 10.8 Å². The molecule has 2 aromatic rings. The van der Waals surface area contributed by atoms with Crippen LogP contribution in [0.3, 0.4) is 0 Å². The molecule has 0 bridgehead atoms. The van der Waals surface area contributed by atoms with E-state index in [4.69, 9.17) is 5.73 Å². The Morgan fingerprint density at radius 1 is 1.04 bits per heavy atom. The molecule has 7 unspecified atom stereocenters. The lowest BCUT2D eigenvalue weighted by Crippen LogP contribution is -2.65. The van der Waals surface area contributed by atoms with E-state index in [0.29, 0.717) is 30.1 Å². The maximum Gasteiger partial charge on any atom is 0.310 e. The van der Waals surface area contributed by atoms with Crippen LogP contribution in [-0.4, -0.2) is 26.2 Å². The number of anilines is 1. The fourth-order valence-corrected chi connectivity index (χ4v) is 12.5. The van der Waals surface area contributed by atoms with Gasteiger partial charge in [0.1, 0.15) is 5.82 Å². The average molecular weight is 629 g/mol. The Kier molecular flexibility index (Phi) is 6.47. The number of carboxylic acid groups (broad SMARTS) is 1. The van der Waals surface area contributed by atoms with Crippen LogP contribution in [-0.2, 0) is 16.6 Å². The van der Waals surface area contributed by atoms with Gasteiger partial charge in [-0.2, -0.15) is 5.10 Å². The van der Waals surface area contributed by atoms with Crippen molar-refractivity contribution in [3.8, 4) is 0 Å². The van der Waals surface area contributed by atoms with Crippen LogP contribution in [0.2, 0.25) is 0 Å². The number of aliphatic carboxylic acids is 1. The number of nitrogens with two attached hydrogens (primary N) is 1. The number of nitrogens with zero attached hydrogens (tertiary/aromatic N) is 2. The summed E-state index contributed by atoms with van der Waals surface area (Å²) >= 11 is 0. The SMILES string of the molecule is Cc1ccc(C2=C3C4CC(C)(C)CCC4(C(=O)O)CCC3(C)C3(C)CCC4C(C)(C)c5[nH]nc(N)c5CC4(C)C3C2)cc1[N+](=O)[O-]. The molecule has 0 aliphatic heterocycles. The quantitative estimate of drug-likeness (QED) is 0.230. The Bertz CT molecular complexity index is 1700. The number of carbonyl (C=O) groups is 1. The predicted octanol–water partition coefficient (Wildman–Crippen LogP) is 8.64. The molecule has 8 heteroatoms. The zero-order valence-electron chi connectivity index (χ0n) is 29.0. The largest absolute Gasteiger partial charge is 0.481 e. The number of rotatable bonds is 3. The van der Waals surface area contributed by atoms with Crippen LogP contribution in [0.4, 0.5) is 11.5 Å². The van der Waals surface area contributed by atoms with Crippen LogP contribution in [0.5, 0.6) is 0 Å². The molecule has 248 valence electrons. The number of hydrogen-bond acceptors (Lipinski definition) is 5. The number of aryl methyl sites for hydroxylation is 1. The van der Waals surface area contributed by atoms with Gasteiger partial charge in [0.05, 0.1) is 10.3 Å². The van der Waals surface area contributed by atoms with Gasteiger partial charge in [-0.15, -0.1) is 0 Å². The first-order valence-electron chi connectivity index (χ1n) is 17.4. The minimum Gasteiger partial charge on any atom is -0.481 e. The normalized spacial score (nSPS) is 38.9. The molecular weight excluding hydrogens is 576 g/mol. The first-order valence-corrected chi connectivity index (χ1v) is 17.4. The van der Waals surface area contributed by atoms with Crippen molar-refractivity contribution in [3.05, 3.63) is 56.3 Å². The van der Waals surface area contributed by atoms with E-state index >= 15 is 0 Å². The van der Waals surface area contributed by atoms with E-state index in [0.717, 1.165) is 61.8 Å². The summed E-state index contributed by atoms with van der Waals surface area (Å²) in [6.07, 6.45) is 7.68. The van der Waals surface area contributed by atoms with Gasteiger partial charge in [0, 0.05) is 28.3 Å². The van der Waals surface area contributed by atoms with Crippen molar-refractivity contribution in [3.63, 3.8) is 0 Å². The van der Waals surface area contributed by atoms with Crippen LogP contribution >= 0.6 is 0 Å². The molecule has 3 fully saturated rings. The van der Waals surface area contributed by atoms with Crippen LogP contribution in [0.15, 0.2) is 23.8 Å². The van der Waals surface area contributed by atoms with E-state index in [1.807, 2.05) is 6.07 Å². The predicted molar refractivity (Wildman–Crippen MR) is 180 cm³/mol. The molecule has 8 nitrogen and oxygen atoms in total. The van der Waals surface area contributed by atoms with Gasteiger partial charge in [-0.05, 0) is 115 Å². The molecule has 1 heterocycles. The third-order valence-electron chi connectivity index (χ3n) is 15.1. The maximum absolute atomic E-state index is 13.4. The molecule has 0 saturated heterocycles. The highest BCUT2D eigenvalue weighted by molar-refractivity contribution is 5.81. The number of benzene rings is 1. The van der Waals surface area contributed by atoms with Crippen molar-refractivity contribution in [2.45, 2.75) is 119 Å². The molecule has 7 rings (SSSR count). The highest BCUT2D eigenvalue weighted by atomic mass is 16.6. The standard InChI is InChI=1S/C38H52N4O4/c1-21-9-10-22(17-26(21)42(45)46)23-18-28-35(6)19-24-30(40-41-31(24)39)34(4,5)27(35)11-12-36(28,7)37(8)14-16-38(32(43)44)15-13-33(2,3)20-25(38)29(23)37/h9-10,17,25,27-28H,11-16,18-20H2,1-8H3,(H,43,44)(H3,39,40,41). The molecule has 5 aliphatic rings. The lowest BCUT2D eigenvalue weighted by Gasteiger charge is -2.71. The number of nitro groups is 1. The fourth-order valence-electron chi connectivity index (χ4n) is 12.5. The van der Waals surface area contributed by atoms with Gasteiger partial charge in [0.2, 0.25) is 0 Å². The Morgan fingerprint density at radius 2 is 1.74 bits per heavy atom. The second-order valence-corrected chi connectivity index (χ2v) is 18.0. The summed E-state index contributed by atoms with van der Waals surface area (Å²) in [7, 11) is 0. The van der Waals surface area contributed by atoms with Gasteiger partial charge >= 0.3 is 5.97 Å². The average Bonchev–Trinajstić information content (AvgIpc) is 3.33. The third-order valence-corrected chi connectivity index (χ3v) is 15.1. The fraction of sp³-hybridized carbons (Fsp3) is 0.684. The number of nitro benzene ring substituents is 1. The summed E-state index contributed by atoms with van der Waals surface area (Å²) in [6.45, 7) is 18.5. The first-order chi connectivity index (χ1) is 21.3. The number of nitrogens with one attached hydrogen (secondary N) is 1. The number of hydrogen-bond donors (Lipinski definition) is 3. The van der Waals surface area contributed by atoms with E-state index in [2.05, 4.69) is 64.7 Å². The summed E-state index contributed by atoms with van der Waals surface area (Å²) in [5.74, 6) is 0.496. The van der Waals surface area contributed by atoms with Crippen molar-refractivity contribution in [1.82, 2.24) is 10.2 Å². The molecule has 5 aliphatic carbocycles. The topological polar surface area (TPSA) is 135 Å². The van der Waals surface area contributed by atoms with E-state index in [9.17, 15) is 20.0 Å². The summed E-state index contributed by atoms with van der Waals surface area (Å²) in [6, 6.07) is 5.74. The van der Waals surface area contributed by atoms with Gasteiger partial charge in [-0.1, -0.05) is 66.2 Å². The highest BCUT2D eigenvalue weighted by Gasteiger charge is 2.70. The van der Waals surface area contributed by atoms with Crippen LogP contribution in [0.25, 0.3) is 5.57 Å². The second kappa shape index (κ2) is 9.47. The number of aromatic amines is 1. The molecule has 0 radical (unpaired) electrons. The number of carboxylic acids is 1. The Hall–Kier alpha value is -3.16. The highest BCUT2D eigenvalue weighted by Crippen LogP contribution is 2.77. The van der Waals surface area contributed by atoms with E-state index < -0.39 is 11.4 Å². The molecule has 0 spiro atoms. The van der Waals surface area contributed by atoms with Crippen LogP contribution in [0.1, 0.15) is 122 Å². The third kappa shape index (κ3) is 3.85.